The molecule has 0 bridgehead atoms. The molecule has 0 aliphatic carbocycles. The van der Waals surface area contributed by atoms with Crippen LogP contribution in [0.25, 0.3) is 0 Å². The molecule has 0 unspecified atom stereocenters. The monoisotopic (exact) mass is 292 g/mol. The van der Waals surface area contributed by atoms with Gasteiger partial charge in [0.15, 0.2) is 0 Å². The molecule has 120 valence electrons. The van der Waals surface area contributed by atoms with Crippen LogP contribution < -0.4 is 10.6 Å². The molecule has 0 saturated carbocycles. The van der Waals surface area contributed by atoms with Crippen LogP contribution in [0.4, 0.5) is 11.6 Å². The van der Waals surface area contributed by atoms with Gasteiger partial charge in [0.2, 0.25) is 0 Å². The van der Waals surface area contributed by atoms with Crippen LogP contribution in [0.3, 0.4) is 0 Å². The normalized spacial score (nSPS) is 11.4. The Morgan fingerprint density at radius 2 is 1.52 bits per heavy atom. The Balaban J connectivity index is 3.02. The summed E-state index contributed by atoms with van der Waals surface area (Å²) in [6.45, 7) is 15.2. The number of hydrogen-bond donors (Lipinski definition) is 1. The molecule has 21 heavy (non-hydrogen) atoms. The van der Waals surface area contributed by atoms with Gasteiger partial charge in [0, 0.05) is 25.1 Å². The quantitative estimate of drug-likeness (QED) is 0.791. The van der Waals surface area contributed by atoms with Gasteiger partial charge in [-0.15, -0.1) is 0 Å². The number of nitrogens with zero attached hydrogens (tertiary/aromatic N) is 3. The summed E-state index contributed by atoms with van der Waals surface area (Å²) in [5, 5.41) is 0. The molecule has 0 amide bonds. The van der Waals surface area contributed by atoms with Gasteiger partial charge in [0.25, 0.3) is 0 Å². The first-order valence-corrected chi connectivity index (χ1v) is 8.23. The second-order valence-corrected chi connectivity index (χ2v) is 6.68. The van der Waals surface area contributed by atoms with E-state index in [2.05, 4.69) is 44.5 Å². The van der Waals surface area contributed by atoms with Crippen molar-refractivity contribution in [2.45, 2.75) is 60.8 Å². The van der Waals surface area contributed by atoms with E-state index in [4.69, 9.17) is 10.7 Å². The van der Waals surface area contributed by atoms with Crippen LogP contribution in [0.1, 0.15) is 58.8 Å². The molecule has 0 aliphatic rings. The van der Waals surface area contributed by atoms with Crippen molar-refractivity contribution in [2.75, 3.05) is 23.7 Å². The Kier molecular flexibility index (Phi) is 6.93. The maximum atomic E-state index is 6.07. The lowest BCUT2D eigenvalue weighted by atomic mass is 10.1. The number of rotatable bonds is 8. The minimum absolute atomic E-state index is 0.621. The lowest BCUT2D eigenvalue weighted by molar-refractivity contribution is 0.532. The molecule has 1 aromatic rings. The van der Waals surface area contributed by atoms with E-state index in [0.29, 0.717) is 17.7 Å². The van der Waals surface area contributed by atoms with E-state index in [1.807, 2.05) is 6.92 Å². The summed E-state index contributed by atoms with van der Waals surface area (Å²) in [5.74, 6) is 3.87. The Labute approximate surface area is 130 Å². The zero-order valence-electron chi connectivity index (χ0n) is 14.6. The highest BCUT2D eigenvalue weighted by Gasteiger charge is 2.16. The van der Waals surface area contributed by atoms with E-state index in [0.717, 1.165) is 36.7 Å². The second-order valence-electron chi connectivity index (χ2n) is 6.68. The summed E-state index contributed by atoms with van der Waals surface area (Å²) >= 11 is 0. The maximum absolute atomic E-state index is 6.07. The summed E-state index contributed by atoms with van der Waals surface area (Å²) in [4.78, 5) is 11.5. The lowest BCUT2D eigenvalue weighted by Crippen LogP contribution is -2.30. The van der Waals surface area contributed by atoms with Crippen molar-refractivity contribution < 1.29 is 0 Å². The predicted octanol–water partition coefficient (Wildman–Crippen LogP) is 3.83. The zero-order valence-corrected chi connectivity index (χ0v) is 14.6. The smallest absolute Gasteiger partial charge is 0.137 e. The summed E-state index contributed by atoms with van der Waals surface area (Å²) < 4.78 is 0. The Morgan fingerprint density at radius 1 is 1.00 bits per heavy atom. The molecule has 0 saturated heterocycles. The third kappa shape index (κ3) is 5.52. The van der Waals surface area contributed by atoms with E-state index >= 15 is 0 Å². The number of aryl methyl sites for hydroxylation is 1. The van der Waals surface area contributed by atoms with Crippen molar-refractivity contribution in [1.29, 1.82) is 0 Å². The molecule has 4 nitrogen and oxygen atoms in total. The SMILES string of the molecule is CCc1nc(N)c(C)c(N(CCC(C)C)CCC(C)C)n1. The third-order valence-electron chi connectivity index (χ3n) is 3.77. The Hall–Kier alpha value is -1.32. The van der Waals surface area contributed by atoms with Crippen LogP contribution in [-0.4, -0.2) is 23.1 Å². The van der Waals surface area contributed by atoms with Crippen molar-refractivity contribution in [1.82, 2.24) is 9.97 Å². The molecule has 0 fully saturated rings. The van der Waals surface area contributed by atoms with E-state index in [9.17, 15) is 0 Å². The van der Waals surface area contributed by atoms with Gasteiger partial charge in [-0.05, 0) is 31.6 Å². The minimum atomic E-state index is 0.621. The van der Waals surface area contributed by atoms with Gasteiger partial charge in [-0.2, -0.15) is 0 Å². The molecule has 0 aromatic carbocycles. The highest BCUT2D eigenvalue weighted by Crippen LogP contribution is 2.23. The number of anilines is 2. The van der Waals surface area contributed by atoms with E-state index in [1.165, 1.54) is 12.8 Å². The van der Waals surface area contributed by atoms with Crippen molar-refractivity contribution in [3.63, 3.8) is 0 Å². The molecule has 1 heterocycles. The summed E-state index contributed by atoms with van der Waals surface area (Å²) in [5.41, 5.74) is 7.08. The van der Waals surface area contributed by atoms with Crippen molar-refractivity contribution in [3.05, 3.63) is 11.4 Å². The molecule has 0 aliphatic heterocycles. The molecular weight excluding hydrogens is 260 g/mol. The first kappa shape index (κ1) is 17.7. The van der Waals surface area contributed by atoms with Gasteiger partial charge >= 0.3 is 0 Å². The summed E-state index contributed by atoms with van der Waals surface area (Å²) in [7, 11) is 0. The fraction of sp³-hybridized carbons (Fsp3) is 0.765. The third-order valence-corrected chi connectivity index (χ3v) is 3.77. The van der Waals surface area contributed by atoms with Crippen LogP contribution >= 0.6 is 0 Å². The first-order valence-electron chi connectivity index (χ1n) is 8.23. The van der Waals surface area contributed by atoms with Gasteiger partial charge < -0.3 is 10.6 Å². The summed E-state index contributed by atoms with van der Waals surface area (Å²) in [6.07, 6.45) is 3.16. The Morgan fingerprint density at radius 3 is 1.95 bits per heavy atom. The first-order chi connectivity index (χ1) is 9.85. The van der Waals surface area contributed by atoms with E-state index in [-0.39, 0.29) is 0 Å². The average molecular weight is 292 g/mol. The maximum Gasteiger partial charge on any atom is 0.137 e. The number of nitrogen functional groups attached to an aromatic ring is 1. The highest BCUT2D eigenvalue weighted by atomic mass is 15.2. The highest BCUT2D eigenvalue weighted by molar-refractivity contribution is 5.56. The van der Waals surface area contributed by atoms with Gasteiger partial charge in [0.05, 0.1) is 0 Å². The van der Waals surface area contributed by atoms with E-state index in [1.54, 1.807) is 0 Å². The zero-order chi connectivity index (χ0) is 16.0. The molecule has 0 radical (unpaired) electrons. The fourth-order valence-corrected chi connectivity index (χ4v) is 2.19. The van der Waals surface area contributed by atoms with Gasteiger partial charge in [-0.25, -0.2) is 9.97 Å². The molecule has 4 heteroatoms. The molecule has 2 N–H and O–H groups in total. The average Bonchev–Trinajstić information content (AvgIpc) is 2.41. The molecule has 1 rings (SSSR count). The van der Waals surface area contributed by atoms with Crippen molar-refractivity contribution in [2.24, 2.45) is 11.8 Å². The topological polar surface area (TPSA) is 55.0 Å². The Bertz CT molecular complexity index is 429. The van der Waals surface area contributed by atoms with E-state index < -0.39 is 0 Å². The molecule has 0 atom stereocenters. The molecular formula is C17H32N4. The predicted molar refractivity (Wildman–Crippen MR) is 91.7 cm³/mol. The minimum Gasteiger partial charge on any atom is -0.383 e. The second kappa shape index (κ2) is 8.20. The number of hydrogen-bond acceptors (Lipinski definition) is 4. The van der Waals surface area contributed by atoms with Gasteiger partial charge in [0.1, 0.15) is 17.5 Å². The number of aromatic nitrogens is 2. The lowest BCUT2D eigenvalue weighted by Gasteiger charge is -2.27. The van der Waals surface area contributed by atoms with Crippen LogP contribution in [0.5, 0.6) is 0 Å². The fourth-order valence-electron chi connectivity index (χ4n) is 2.19. The molecule has 0 spiro atoms. The van der Waals surface area contributed by atoms with Crippen LogP contribution in [-0.2, 0) is 6.42 Å². The number of nitrogens with two attached hydrogens (primary N) is 1. The van der Waals surface area contributed by atoms with Gasteiger partial charge in [-0.1, -0.05) is 34.6 Å². The largest absolute Gasteiger partial charge is 0.383 e. The van der Waals surface area contributed by atoms with Crippen molar-refractivity contribution >= 4 is 11.6 Å². The van der Waals surface area contributed by atoms with Crippen LogP contribution in [0.15, 0.2) is 0 Å². The summed E-state index contributed by atoms with van der Waals surface area (Å²) in [6, 6.07) is 0. The standard InChI is InChI=1S/C17H32N4/c1-7-15-19-16(18)14(6)17(20-15)21(10-8-12(2)3)11-9-13(4)5/h12-13H,7-11H2,1-6H3,(H2,18,19,20). The van der Waals surface area contributed by atoms with Crippen molar-refractivity contribution in [3.8, 4) is 0 Å². The van der Waals surface area contributed by atoms with Gasteiger partial charge in [-0.3, -0.25) is 0 Å². The molecule has 1 aromatic heterocycles. The van der Waals surface area contributed by atoms with Crippen LogP contribution in [0, 0.1) is 18.8 Å². The van der Waals surface area contributed by atoms with Crippen LogP contribution in [0.2, 0.25) is 0 Å².